The molecule has 0 fully saturated rings. The number of nitrogen functional groups attached to an aromatic ring is 1. The van der Waals surface area contributed by atoms with Crippen LogP contribution in [0.2, 0.25) is 0 Å². The largest absolute Gasteiger partial charge is 0.384 e. The second-order valence-corrected chi connectivity index (χ2v) is 3.30. The van der Waals surface area contributed by atoms with Gasteiger partial charge in [-0.25, -0.2) is 5.84 Å². The normalized spacial score (nSPS) is 9.73. The molecule has 0 aliphatic carbocycles. The van der Waals surface area contributed by atoms with E-state index in [1.54, 1.807) is 6.07 Å². The zero-order valence-electron chi connectivity index (χ0n) is 8.92. The first-order chi connectivity index (χ1) is 7.29. The van der Waals surface area contributed by atoms with Crippen LogP contribution in [0.15, 0.2) is 24.3 Å². The lowest BCUT2D eigenvalue weighted by Gasteiger charge is -2.10. The van der Waals surface area contributed by atoms with Crippen molar-refractivity contribution in [3.8, 4) is 0 Å². The number of nitrogens with one attached hydrogen (secondary N) is 2. The minimum absolute atomic E-state index is 0.269. The van der Waals surface area contributed by atoms with Crippen molar-refractivity contribution in [1.82, 2.24) is 5.43 Å². The van der Waals surface area contributed by atoms with Gasteiger partial charge in [0, 0.05) is 12.2 Å². The lowest BCUT2D eigenvalue weighted by molar-refractivity contribution is 0.0954. The molecular formula is C11H17N3O. The summed E-state index contributed by atoms with van der Waals surface area (Å²) in [5, 5.41) is 3.21. The summed E-state index contributed by atoms with van der Waals surface area (Å²) in [6, 6.07) is 7.33. The molecule has 1 aromatic rings. The molecule has 0 aromatic heterocycles. The molecule has 0 bridgehead atoms. The van der Waals surface area contributed by atoms with Crippen molar-refractivity contribution in [1.29, 1.82) is 0 Å². The van der Waals surface area contributed by atoms with Gasteiger partial charge in [-0.15, -0.1) is 0 Å². The highest BCUT2D eigenvalue weighted by Gasteiger charge is 2.07. The maximum absolute atomic E-state index is 11.4. The summed E-state index contributed by atoms with van der Waals surface area (Å²) in [4.78, 5) is 11.4. The summed E-state index contributed by atoms with van der Waals surface area (Å²) in [6.45, 7) is 2.99. The van der Waals surface area contributed by atoms with Crippen molar-refractivity contribution in [3.63, 3.8) is 0 Å². The Morgan fingerprint density at radius 2 is 2.13 bits per heavy atom. The molecule has 0 aliphatic rings. The van der Waals surface area contributed by atoms with Gasteiger partial charge in [0.25, 0.3) is 5.91 Å². The van der Waals surface area contributed by atoms with Crippen LogP contribution in [0.1, 0.15) is 30.1 Å². The van der Waals surface area contributed by atoms with E-state index in [9.17, 15) is 4.79 Å². The summed E-state index contributed by atoms with van der Waals surface area (Å²) in [5.74, 6) is 4.83. The van der Waals surface area contributed by atoms with Gasteiger partial charge in [-0.2, -0.15) is 0 Å². The predicted octanol–water partition coefficient (Wildman–Crippen LogP) is 1.50. The molecule has 4 heteroatoms. The third kappa shape index (κ3) is 3.25. The minimum Gasteiger partial charge on any atom is -0.384 e. The molecule has 0 unspecified atom stereocenters. The van der Waals surface area contributed by atoms with Crippen LogP contribution >= 0.6 is 0 Å². The number of para-hydroxylation sites is 1. The van der Waals surface area contributed by atoms with Crippen LogP contribution in [-0.4, -0.2) is 12.5 Å². The van der Waals surface area contributed by atoms with Gasteiger partial charge < -0.3 is 5.32 Å². The zero-order chi connectivity index (χ0) is 11.1. The highest BCUT2D eigenvalue weighted by molar-refractivity contribution is 5.99. The van der Waals surface area contributed by atoms with Crippen molar-refractivity contribution in [2.75, 3.05) is 11.9 Å². The van der Waals surface area contributed by atoms with E-state index in [2.05, 4.69) is 17.7 Å². The monoisotopic (exact) mass is 207 g/mol. The summed E-state index contributed by atoms with van der Waals surface area (Å²) in [7, 11) is 0. The highest BCUT2D eigenvalue weighted by atomic mass is 16.2. The number of carbonyl (C=O) groups excluding carboxylic acids is 1. The number of carbonyl (C=O) groups is 1. The first-order valence-corrected chi connectivity index (χ1v) is 5.13. The molecule has 0 heterocycles. The van der Waals surface area contributed by atoms with E-state index in [1.165, 1.54) is 0 Å². The predicted molar refractivity (Wildman–Crippen MR) is 61.5 cm³/mol. The fourth-order valence-corrected chi connectivity index (χ4v) is 1.31. The van der Waals surface area contributed by atoms with E-state index in [0.29, 0.717) is 5.56 Å². The van der Waals surface area contributed by atoms with E-state index >= 15 is 0 Å². The fraction of sp³-hybridized carbons (Fsp3) is 0.364. The van der Waals surface area contributed by atoms with Crippen LogP contribution in [-0.2, 0) is 0 Å². The quantitative estimate of drug-likeness (QED) is 0.297. The fourth-order valence-electron chi connectivity index (χ4n) is 1.31. The van der Waals surface area contributed by atoms with Crippen molar-refractivity contribution >= 4 is 11.6 Å². The lowest BCUT2D eigenvalue weighted by atomic mass is 10.1. The van der Waals surface area contributed by atoms with Crippen molar-refractivity contribution in [3.05, 3.63) is 29.8 Å². The van der Waals surface area contributed by atoms with Gasteiger partial charge in [-0.05, 0) is 18.6 Å². The topological polar surface area (TPSA) is 67.2 Å². The van der Waals surface area contributed by atoms with Crippen molar-refractivity contribution < 1.29 is 4.79 Å². The average molecular weight is 207 g/mol. The standard InChI is InChI=1S/C11H17N3O/c1-2-3-8-13-10-7-5-4-6-9(10)11(15)14-12/h4-7,13H,2-3,8,12H2,1H3,(H,14,15). The molecular weight excluding hydrogens is 190 g/mol. The number of amides is 1. The molecule has 1 rings (SSSR count). The Morgan fingerprint density at radius 3 is 2.80 bits per heavy atom. The Labute approximate surface area is 89.8 Å². The molecule has 0 saturated carbocycles. The molecule has 0 atom stereocenters. The Balaban J connectivity index is 2.73. The highest BCUT2D eigenvalue weighted by Crippen LogP contribution is 2.14. The maximum atomic E-state index is 11.4. The summed E-state index contributed by atoms with van der Waals surface area (Å²) >= 11 is 0. The summed E-state index contributed by atoms with van der Waals surface area (Å²) in [5.41, 5.74) is 3.54. The summed E-state index contributed by atoms with van der Waals surface area (Å²) in [6.07, 6.45) is 2.21. The van der Waals surface area contributed by atoms with Gasteiger partial charge in [0.15, 0.2) is 0 Å². The molecule has 0 saturated heterocycles. The number of anilines is 1. The van der Waals surface area contributed by atoms with Gasteiger partial charge in [0.1, 0.15) is 0 Å². The third-order valence-corrected chi connectivity index (χ3v) is 2.15. The van der Waals surface area contributed by atoms with Crippen LogP contribution in [0.3, 0.4) is 0 Å². The van der Waals surface area contributed by atoms with E-state index in [4.69, 9.17) is 5.84 Å². The molecule has 4 N–H and O–H groups in total. The van der Waals surface area contributed by atoms with Gasteiger partial charge in [0.2, 0.25) is 0 Å². The van der Waals surface area contributed by atoms with Crippen molar-refractivity contribution in [2.45, 2.75) is 19.8 Å². The molecule has 82 valence electrons. The van der Waals surface area contributed by atoms with E-state index in [1.807, 2.05) is 18.2 Å². The van der Waals surface area contributed by atoms with Gasteiger partial charge in [-0.3, -0.25) is 10.2 Å². The minimum atomic E-state index is -0.269. The second-order valence-electron chi connectivity index (χ2n) is 3.30. The molecule has 0 spiro atoms. The van der Waals surface area contributed by atoms with Crippen LogP contribution in [0.25, 0.3) is 0 Å². The number of hydrogen-bond acceptors (Lipinski definition) is 3. The molecule has 4 nitrogen and oxygen atoms in total. The Bertz CT molecular complexity index is 325. The Hall–Kier alpha value is -1.55. The van der Waals surface area contributed by atoms with Gasteiger partial charge >= 0.3 is 0 Å². The lowest BCUT2D eigenvalue weighted by Crippen LogP contribution is -2.30. The van der Waals surface area contributed by atoms with Crippen LogP contribution in [0.4, 0.5) is 5.69 Å². The Morgan fingerprint density at radius 1 is 1.40 bits per heavy atom. The van der Waals surface area contributed by atoms with Crippen LogP contribution < -0.4 is 16.6 Å². The van der Waals surface area contributed by atoms with Crippen LogP contribution in [0.5, 0.6) is 0 Å². The third-order valence-electron chi connectivity index (χ3n) is 2.15. The number of unbranched alkanes of at least 4 members (excludes halogenated alkanes) is 1. The van der Waals surface area contributed by atoms with Gasteiger partial charge in [-0.1, -0.05) is 25.5 Å². The SMILES string of the molecule is CCCCNc1ccccc1C(=O)NN. The molecule has 0 radical (unpaired) electrons. The molecule has 15 heavy (non-hydrogen) atoms. The number of benzene rings is 1. The molecule has 1 amide bonds. The maximum Gasteiger partial charge on any atom is 0.267 e. The zero-order valence-corrected chi connectivity index (χ0v) is 8.92. The average Bonchev–Trinajstić information content (AvgIpc) is 2.29. The van der Waals surface area contributed by atoms with Crippen LogP contribution in [0, 0.1) is 0 Å². The first-order valence-electron chi connectivity index (χ1n) is 5.13. The number of rotatable bonds is 5. The number of hydrogen-bond donors (Lipinski definition) is 3. The number of nitrogens with two attached hydrogens (primary N) is 1. The summed E-state index contributed by atoms with van der Waals surface area (Å²) < 4.78 is 0. The van der Waals surface area contributed by atoms with E-state index < -0.39 is 0 Å². The Kier molecular flexibility index (Phi) is 4.63. The van der Waals surface area contributed by atoms with E-state index in [0.717, 1.165) is 25.1 Å². The van der Waals surface area contributed by atoms with Crippen molar-refractivity contribution in [2.24, 2.45) is 5.84 Å². The van der Waals surface area contributed by atoms with E-state index in [-0.39, 0.29) is 5.91 Å². The molecule has 0 aliphatic heterocycles. The molecule has 1 aromatic carbocycles. The smallest absolute Gasteiger partial charge is 0.267 e. The number of hydrazine groups is 1. The second kappa shape index (κ2) is 6.03. The first kappa shape index (κ1) is 11.5. The van der Waals surface area contributed by atoms with Gasteiger partial charge in [0.05, 0.1) is 5.56 Å².